The topological polar surface area (TPSA) is 126 Å². The zero-order valence-electron chi connectivity index (χ0n) is 20.0. The standard InChI is InChI=1S/C27H21ClN6O3S/c1-17(35)31-20-8-10-21(11-9-20)32-26-16-30-33-24-12-7-18(13-23(24)26)19-14-25(27(28)29-15-19)34-38(36,37)22-5-3-2-4-6-22/h2-16,34H,1H3,(H,31,35)(H,32,33). The number of hydrogen-bond donors (Lipinski definition) is 3. The van der Waals surface area contributed by atoms with Crippen molar-refractivity contribution in [1.29, 1.82) is 0 Å². The number of pyridine rings is 1. The molecule has 2 heterocycles. The van der Waals surface area contributed by atoms with E-state index in [1.165, 1.54) is 19.1 Å². The second-order valence-electron chi connectivity index (χ2n) is 8.35. The lowest BCUT2D eigenvalue weighted by Gasteiger charge is -2.13. The third kappa shape index (κ3) is 5.56. The minimum atomic E-state index is -3.85. The monoisotopic (exact) mass is 544 g/mol. The van der Waals surface area contributed by atoms with Crippen LogP contribution in [0.5, 0.6) is 0 Å². The molecule has 3 aromatic carbocycles. The lowest BCUT2D eigenvalue weighted by atomic mass is 10.0. The number of carbonyl (C=O) groups excluding carboxylic acids is 1. The number of sulfonamides is 1. The van der Waals surface area contributed by atoms with E-state index in [1.54, 1.807) is 48.8 Å². The summed E-state index contributed by atoms with van der Waals surface area (Å²) in [5.74, 6) is -0.143. The number of anilines is 4. The van der Waals surface area contributed by atoms with Gasteiger partial charge in [0.2, 0.25) is 5.91 Å². The van der Waals surface area contributed by atoms with E-state index >= 15 is 0 Å². The van der Waals surface area contributed by atoms with Crippen LogP contribution >= 0.6 is 11.6 Å². The van der Waals surface area contributed by atoms with Gasteiger partial charge in [-0.2, -0.15) is 10.2 Å². The van der Waals surface area contributed by atoms with Gasteiger partial charge in [-0.3, -0.25) is 9.52 Å². The van der Waals surface area contributed by atoms with Crippen molar-refractivity contribution in [2.75, 3.05) is 15.4 Å². The average Bonchev–Trinajstić information content (AvgIpc) is 2.91. The Hall–Kier alpha value is -4.54. The van der Waals surface area contributed by atoms with E-state index in [2.05, 4.69) is 30.5 Å². The Labute approximate surface area is 224 Å². The van der Waals surface area contributed by atoms with E-state index in [4.69, 9.17) is 11.6 Å². The summed E-state index contributed by atoms with van der Waals surface area (Å²) >= 11 is 6.24. The Morgan fingerprint density at radius 3 is 2.32 bits per heavy atom. The molecule has 0 fully saturated rings. The molecule has 5 rings (SSSR count). The first-order valence-corrected chi connectivity index (χ1v) is 13.3. The number of aromatic nitrogens is 3. The first-order valence-electron chi connectivity index (χ1n) is 11.4. The third-order valence-corrected chi connectivity index (χ3v) is 7.28. The summed E-state index contributed by atoms with van der Waals surface area (Å²) in [5, 5.41) is 15.2. The largest absolute Gasteiger partial charge is 0.354 e. The molecule has 3 N–H and O–H groups in total. The van der Waals surface area contributed by atoms with Crippen LogP contribution in [0.25, 0.3) is 22.0 Å². The summed E-state index contributed by atoms with van der Waals surface area (Å²) in [5.41, 5.74) is 4.47. The molecule has 0 radical (unpaired) electrons. The van der Waals surface area contributed by atoms with Crippen molar-refractivity contribution >= 4 is 61.2 Å². The first-order chi connectivity index (χ1) is 18.3. The molecular weight excluding hydrogens is 524 g/mol. The SMILES string of the molecule is CC(=O)Nc1ccc(Nc2cnnc3ccc(-c4cnc(Cl)c(NS(=O)(=O)c5ccccc5)c4)cc23)cc1. The normalized spacial score (nSPS) is 11.2. The Morgan fingerprint density at radius 1 is 0.842 bits per heavy atom. The number of rotatable bonds is 7. The number of benzene rings is 3. The molecule has 0 aliphatic carbocycles. The Kier molecular flexibility index (Phi) is 6.91. The fourth-order valence-corrected chi connectivity index (χ4v) is 5.10. The molecule has 0 bridgehead atoms. The number of carbonyl (C=O) groups is 1. The predicted molar refractivity (Wildman–Crippen MR) is 149 cm³/mol. The molecule has 0 spiro atoms. The molecule has 11 heteroatoms. The summed E-state index contributed by atoms with van der Waals surface area (Å²) in [6, 6.07) is 22.5. The van der Waals surface area contributed by atoms with Gasteiger partial charge in [0.15, 0.2) is 5.15 Å². The van der Waals surface area contributed by atoms with Crippen LogP contribution in [0, 0.1) is 0 Å². The van der Waals surface area contributed by atoms with Crippen LogP contribution in [0.3, 0.4) is 0 Å². The smallest absolute Gasteiger partial charge is 0.261 e. The van der Waals surface area contributed by atoms with Crippen molar-refractivity contribution < 1.29 is 13.2 Å². The molecule has 0 saturated carbocycles. The number of nitrogens with one attached hydrogen (secondary N) is 3. The minimum absolute atomic E-state index is 0.0324. The summed E-state index contributed by atoms with van der Waals surface area (Å²) < 4.78 is 28.2. The van der Waals surface area contributed by atoms with Gasteiger partial charge < -0.3 is 10.6 Å². The average molecular weight is 545 g/mol. The third-order valence-electron chi connectivity index (χ3n) is 5.59. The molecule has 1 amide bonds. The maximum absolute atomic E-state index is 12.8. The highest BCUT2D eigenvalue weighted by Gasteiger charge is 2.17. The van der Waals surface area contributed by atoms with Gasteiger partial charge >= 0.3 is 0 Å². The quantitative estimate of drug-likeness (QED) is 0.219. The fourth-order valence-electron chi connectivity index (χ4n) is 3.81. The second-order valence-corrected chi connectivity index (χ2v) is 10.4. The lowest BCUT2D eigenvalue weighted by Crippen LogP contribution is -2.13. The molecular formula is C27H21ClN6O3S. The van der Waals surface area contributed by atoms with Crippen LogP contribution in [0.15, 0.2) is 96.2 Å². The van der Waals surface area contributed by atoms with Crippen molar-refractivity contribution in [3.63, 3.8) is 0 Å². The van der Waals surface area contributed by atoms with Crippen LogP contribution in [-0.4, -0.2) is 29.5 Å². The van der Waals surface area contributed by atoms with Crippen LogP contribution < -0.4 is 15.4 Å². The van der Waals surface area contributed by atoms with Gasteiger partial charge in [0, 0.05) is 35.4 Å². The number of amides is 1. The zero-order chi connectivity index (χ0) is 26.7. The summed E-state index contributed by atoms with van der Waals surface area (Å²) in [4.78, 5) is 15.6. The molecule has 0 saturated heterocycles. The van der Waals surface area contributed by atoms with Gasteiger partial charge in [-0.1, -0.05) is 35.9 Å². The van der Waals surface area contributed by atoms with Gasteiger partial charge in [-0.05, 0) is 60.2 Å². The zero-order valence-corrected chi connectivity index (χ0v) is 21.6. The van der Waals surface area contributed by atoms with Crippen molar-refractivity contribution in [3.05, 3.63) is 96.4 Å². The van der Waals surface area contributed by atoms with E-state index in [0.29, 0.717) is 16.8 Å². The fraction of sp³-hybridized carbons (Fsp3) is 0.0370. The maximum atomic E-state index is 12.8. The first kappa shape index (κ1) is 25.1. The Balaban J connectivity index is 1.46. The molecule has 38 heavy (non-hydrogen) atoms. The molecule has 0 aliphatic rings. The molecule has 5 aromatic rings. The van der Waals surface area contributed by atoms with E-state index in [1.807, 2.05) is 30.3 Å². The summed E-state index contributed by atoms with van der Waals surface area (Å²) in [7, 11) is -3.85. The van der Waals surface area contributed by atoms with Crippen LogP contribution in [-0.2, 0) is 14.8 Å². The van der Waals surface area contributed by atoms with Crippen molar-refractivity contribution in [3.8, 4) is 11.1 Å². The van der Waals surface area contributed by atoms with Crippen LogP contribution in [0.4, 0.5) is 22.7 Å². The van der Waals surface area contributed by atoms with Gasteiger partial charge in [0.25, 0.3) is 10.0 Å². The Bertz CT molecular complexity index is 1750. The van der Waals surface area contributed by atoms with Crippen molar-refractivity contribution in [2.45, 2.75) is 11.8 Å². The van der Waals surface area contributed by atoms with Crippen LogP contribution in [0.1, 0.15) is 6.92 Å². The highest BCUT2D eigenvalue weighted by molar-refractivity contribution is 7.92. The summed E-state index contributed by atoms with van der Waals surface area (Å²) in [6.07, 6.45) is 3.19. The van der Waals surface area contributed by atoms with E-state index in [0.717, 1.165) is 22.3 Å². The molecule has 0 unspecified atom stereocenters. The highest BCUT2D eigenvalue weighted by Crippen LogP contribution is 2.32. The minimum Gasteiger partial charge on any atom is -0.354 e. The van der Waals surface area contributed by atoms with Gasteiger partial charge in [0.1, 0.15) is 0 Å². The lowest BCUT2D eigenvalue weighted by molar-refractivity contribution is -0.114. The van der Waals surface area contributed by atoms with E-state index in [-0.39, 0.29) is 21.6 Å². The predicted octanol–water partition coefficient (Wildman–Crippen LogP) is 5.85. The number of hydrogen-bond acceptors (Lipinski definition) is 7. The number of fused-ring (bicyclic) bond motifs is 1. The number of nitrogens with zero attached hydrogens (tertiary/aromatic N) is 3. The second kappa shape index (κ2) is 10.4. The maximum Gasteiger partial charge on any atom is 0.261 e. The van der Waals surface area contributed by atoms with E-state index < -0.39 is 10.0 Å². The van der Waals surface area contributed by atoms with Gasteiger partial charge in [0.05, 0.1) is 28.0 Å². The molecule has 9 nitrogen and oxygen atoms in total. The van der Waals surface area contributed by atoms with Crippen molar-refractivity contribution in [1.82, 2.24) is 15.2 Å². The van der Waals surface area contributed by atoms with Gasteiger partial charge in [-0.25, -0.2) is 13.4 Å². The molecule has 0 aliphatic heterocycles. The molecule has 190 valence electrons. The van der Waals surface area contributed by atoms with Crippen molar-refractivity contribution in [2.24, 2.45) is 0 Å². The Morgan fingerprint density at radius 2 is 1.58 bits per heavy atom. The number of halogens is 1. The highest BCUT2D eigenvalue weighted by atomic mass is 35.5. The molecule has 2 aromatic heterocycles. The van der Waals surface area contributed by atoms with E-state index in [9.17, 15) is 13.2 Å². The summed E-state index contributed by atoms with van der Waals surface area (Å²) in [6.45, 7) is 1.45. The van der Waals surface area contributed by atoms with Crippen LogP contribution in [0.2, 0.25) is 5.15 Å². The molecule has 0 atom stereocenters. The van der Waals surface area contributed by atoms with Gasteiger partial charge in [-0.15, -0.1) is 0 Å².